The summed E-state index contributed by atoms with van der Waals surface area (Å²) in [5.41, 5.74) is 15.5. The van der Waals surface area contributed by atoms with Crippen LogP contribution in [0.15, 0.2) is 209 Å². The zero-order valence-corrected chi connectivity index (χ0v) is 32.5. The van der Waals surface area contributed by atoms with Gasteiger partial charge >= 0.3 is 0 Å². The van der Waals surface area contributed by atoms with Crippen LogP contribution in [0.25, 0.3) is 66.5 Å². The lowest BCUT2D eigenvalue weighted by Crippen LogP contribution is -2.33. The zero-order valence-electron chi connectivity index (χ0n) is 31.7. The van der Waals surface area contributed by atoms with Crippen molar-refractivity contribution in [2.75, 3.05) is 0 Å². The Morgan fingerprint density at radius 2 is 0.983 bits per heavy atom. The first kappa shape index (κ1) is 33.3. The van der Waals surface area contributed by atoms with Gasteiger partial charge in [-0.3, -0.25) is 0 Å². The highest BCUT2D eigenvalue weighted by Crippen LogP contribution is 2.65. The van der Waals surface area contributed by atoms with Crippen molar-refractivity contribution in [3.8, 4) is 33.8 Å². The average molecular weight is 757 g/mol. The van der Waals surface area contributed by atoms with E-state index in [1.54, 1.807) is 0 Å². The van der Waals surface area contributed by atoms with Gasteiger partial charge in [0.05, 0.1) is 16.8 Å². The van der Waals surface area contributed by atoms with E-state index in [0.717, 1.165) is 41.2 Å². The Hall–Kier alpha value is -6.81. The number of rotatable bonds is 4. The van der Waals surface area contributed by atoms with Gasteiger partial charge in [-0.25, -0.2) is 9.97 Å². The van der Waals surface area contributed by atoms with Gasteiger partial charge in [-0.1, -0.05) is 194 Å². The third-order valence-corrected chi connectivity index (χ3v) is 13.8. The van der Waals surface area contributed by atoms with E-state index in [1.165, 1.54) is 81.4 Å². The van der Waals surface area contributed by atoms with Crippen LogP contribution in [0.2, 0.25) is 0 Å². The molecule has 58 heavy (non-hydrogen) atoms. The lowest BCUT2D eigenvalue weighted by molar-refractivity contribution is 0.670. The van der Waals surface area contributed by atoms with Crippen LogP contribution < -0.4 is 0 Å². The van der Waals surface area contributed by atoms with E-state index in [9.17, 15) is 0 Å². The first-order valence-corrected chi connectivity index (χ1v) is 20.9. The summed E-state index contributed by atoms with van der Waals surface area (Å²) in [5, 5.41) is 5.20. The standard InChI is InChI=1S/C55H36N2S/c1-3-13-35(14-4-1)36-23-25-40(26-24-36)54-56-50(39-17-5-2-6-18-39)34-51(57-54)41-29-30-47-45(33-41)44-21-11-12-22-46(44)55(47)48-31-27-37-15-7-9-19-42(37)52(48)58-53-43-20-10-8-16-38(43)28-32-49(53)55/h1-28,31-34H,29-30H2. The van der Waals surface area contributed by atoms with Crippen LogP contribution in [-0.2, 0) is 5.41 Å². The normalized spacial score (nSPS) is 14.9. The third-order valence-electron chi connectivity index (χ3n) is 12.5. The zero-order chi connectivity index (χ0) is 38.2. The molecule has 0 bridgehead atoms. The molecular formula is C55H36N2S. The minimum Gasteiger partial charge on any atom is -0.228 e. The van der Waals surface area contributed by atoms with Gasteiger partial charge in [-0.15, -0.1) is 0 Å². The molecule has 0 saturated carbocycles. The summed E-state index contributed by atoms with van der Waals surface area (Å²) in [6.07, 6.45) is 4.27. The highest BCUT2D eigenvalue weighted by molar-refractivity contribution is 8.00. The van der Waals surface area contributed by atoms with Crippen molar-refractivity contribution in [3.63, 3.8) is 0 Å². The Kier molecular flexibility index (Phi) is 7.55. The highest BCUT2D eigenvalue weighted by atomic mass is 32.2. The number of fused-ring (bicyclic) bond motifs is 12. The van der Waals surface area contributed by atoms with Crippen molar-refractivity contribution < 1.29 is 0 Å². The maximum absolute atomic E-state index is 5.36. The summed E-state index contributed by atoms with van der Waals surface area (Å²) in [6, 6.07) is 68.5. The van der Waals surface area contributed by atoms with Crippen LogP contribution in [0.3, 0.4) is 0 Å². The van der Waals surface area contributed by atoms with Crippen LogP contribution >= 0.6 is 11.8 Å². The Labute approximate surface area is 342 Å². The van der Waals surface area contributed by atoms with E-state index in [4.69, 9.17) is 9.97 Å². The Bertz CT molecular complexity index is 3090. The topological polar surface area (TPSA) is 25.8 Å². The van der Waals surface area contributed by atoms with Crippen LogP contribution in [0, 0.1) is 0 Å². The maximum Gasteiger partial charge on any atom is 0.160 e. The highest BCUT2D eigenvalue weighted by Gasteiger charge is 2.52. The molecule has 2 nitrogen and oxygen atoms in total. The van der Waals surface area contributed by atoms with Crippen molar-refractivity contribution in [3.05, 3.63) is 228 Å². The minimum absolute atomic E-state index is 0.412. The third kappa shape index (κ3) is 5.00. The van der Waals surface area contributed by atoms with E-state index >= 15 is 0 Å². The van der Waals surface area contributed by atoms with E-state index in [2.05, 4.69) is 194 Å². The maximum atomic E-state index is 5.36. The molecule has 0 atom stereocenters. The fourth-order valence-corrected chi connectivity index (χ4v) is 11.3. The predicted octanol–water partition coefficient (Wildman–Crippen LogP) is 14.2. The molecule has 0 radical (unpaired) electrons. The number of aromatic nitrogens is 2. The first-order chi connectivity index (χ1) is 28.7. The second kappa shape index (κ2) is 13.1. The Morgan fingerprint density at radius 3 is 1.67 bits per heavy atom. The molecule has 1 aromatic heterocycles. The van der Waals surface area contributed by atoms with Crippen molar-refractivity contribution in [2.45, 2.75) is 28.0 Å². The average Bonchev–Trinajstić information content (AvgIpc) is 3.59. The lowest BCUT2D eigenvalue weighted by Gasteiger charge is -2.42. The molecule has 0 saturated heterocycles. The van der Waals surface area contributed by atoms with Gasteiger partial charge < -0.3 is 0 Å². The summed E-state index contributed by atoms with van der Waals surface area (Å²) >= 11 is 1.96. The quantitative estimate of drug-likeness (QED) is 0.179. The van der Waals surface area contributed by atoms with E-state index in [-0.39, 0.29) is 0 Å². The molecule has 272 valence electrons. The molecule has 0 fully saturated rings. The minimum atomic E-state index is -0.412. The molecule has 1 spiro atoms. The second-order valence-corrected chi connectivity index (χ2v) is 16.6. The van der Waals surface area contributed by atoms with Gasteiger partial charge in [-0.2, -0.15) is 0 Å². The number of hydrogen-bond donors (Lipinski definition) is 0. The molecule has 9 aromatic rings. The van der Waals surface area contributed by atoms with E-state index < -0.39 is 5.41 Å². The van der Waals surface area contributed by atoms with Gasteiger partial charge in [0.2, 0.25) is 0 Å². The summed E-state index contributed by atoms with van der Waals surface area (Å²) in [5.74, 6) is 0.742. The molecule has 0 amide bonds. The van der Waals surface area contributed by atoms with Gasteiger partial charge in [0.1, 0.15) is 0 Å². The van der Waals surface area contributed by atoms with Gasteiger partial charge in [0.15, 0.2) is 5.82 Å². The van der Waals surface area contributed by atoms with Crippen LogP contribution in [0.4, 0.5) is 0 Å². The van der Waals surface area contributed by atoms with Gasteiger partial charge in [0, 0.05) is 20.9 Å². The molecule has 2 heterocycles. The van der Waals surface area contributed by atoms with Crippen molar-refractivity contribution in [1.82, 2.24) is 9.97 Å². The summed E-state index contributed by atoms with van der Waals surface area (Å²) in [4.78, 5) is 13.3. The van der Waals surface area contributed by atoms with E-state index in [1.807, 2.05) is 11.8 Å². The number of nitrogens with zero attached hydrogens (tertiary/aromatic N) is 2. The molecule has 12 rings (SSSR count). The lowest BCUT2D eigenvalue weighted by atomic mass is 9.64. The molecule has 3 heteroatoms. The number of hydrogen-bond acceptors (Lipinski definition) is 3. The van der Waals surface area contributed by atoms with Crippen LogP contribution in [-0.4, -0.2) is 9.97 Å². The van der Waals surface area contributed by atoms with Crippen LogP contribution in [0.1, 0.15) is 40.8 Å². The second-order valence-electron chi connectivity index (χ2n) is 15.6. The molecule has 1 aliphatic heterocycles. The van der Waals surface area contributed by atoms with Crippen molar-refractivity contribution in [1.29, 1.82) is 0 Å². The van der Waals surface area contributed by atoms with Crippen LogP contribution in [0.5, 0.6) is 0 Å². The Balaban J connectivity index is 1.08. The van der Waals surface area contributed by atoms with Gasteiger partial charge in [-0.05, 0) is 96.6 Å². The van der Waals surface area contributed by atoms with E-state index in [0.29, 0.717) is 0 Å². The summed E-state index contributed by atoms with van der Waals surface area (Å²) in [7, 11) is 0. The molecule has 0 N–H and O–H groups in total. The van der Waals surface area contributed by atoms with Crippen molar-refractivity contribution in [2.24, 2.45) is 0 Å². The van der Waals surface area contributed by atoms with Crippen molar-refractivity contribution >= 4 is 44.5 Å². The smallest absolute Gasteiger partial charge is 0.160 e. The molecule has 3 aliphatic rings. The largest absolute Gasteiger partial charge is 0.228 e. The molecular weight excluding hydrogens is 721 g/mol. The predicted molar refractivity (Wildman–Crippen MR) is 241 cm³/mol. The SMILES string of the molecule is C1=C(c2cc(-c3ccccc3)nc(-c3ccc(-c4ccccc4)cc3)n2)CCC2=C1c1ccccc1C21c2ccc3ccccc3c2Sc2c1ccc1ccccc21. The monoisotopic (exact) mass is 756 g/mol. The fraction of sp³-hybridized carbons (Fsp3) is 0.0545. The number of allylic oxidation sites excluding steroid dienone is 4. The van der Waals surface area contributed by atoms with Gasteiger partial charge in [0.25, 0.3) is 0 Å². The first-order valence-electron chi connectivity index (χ1n) is 20.1. The summed E-state index contributed by atoms with van der Waals surface area (Å²) < 4.78 is 0. The molecule has 8 aromatic carbocycles. The fourth-order valence-electron chi connectivity index (χ4n) is 9.87. The summed E-state index contributed by atoms with van der Waals surface area (Å²) in [6.45, 7) is 0. The number of benzene rings is 8. The molecule has 0 unspecified atom stereocenters. The Morgan fingerprint density at radius 1 is 0.431 bits per heavy atom. The molecule has 2 aliphatic carbocycles.